The van der Waals surface area contributed by atoms with Gasteiger partial charge in [0.2, 0.25) is 0 Å². The highest BCUT2D eigenvalue weighted by atomic mass is 79.9. The van der Waals surface area contributed by atoms with Gasteiger partial charge in [0, 0.05) is 18.5 Å². The van der Waals surface area contributed by atoms with Crippen molar-refractivity contribution in [3.05, 3.63) is 50.7 Å². The number of hydrogen-bond acceptors (Lipinski definition) is 4. The van der Waals surface area contributed by atoms with Crippen molar-refractivity contribution < 1.29 is 14.6 Å². The van der Waals surface area contributed by atoms with Crippen LogP contribution in [0.2, 0.25) is 0 Å². The van der Waals surface area contributed by atoms with Crippen molar-refractivity contribution in [1.82, 2.24) is 9.97 Å². The van der Waals surface area contributed by atoms with Gasteiger partial charge in [-0.2, -0.15) is 0 Å². The lowest BCUT2D eigenvalue weighted by molar-refractivity contribution is -0.304. The highest BCUT2D eigenvalue weighted by Crippen LogP contribution is 2.38. The van der Waals surface area contributed by atoms with Gasteiger partial charge in [0.25, 0.3) is 0 Å². The van der Waals surface area contributed by atoms with Gasteiger partial charge < -0.3 is 19.6 Å². The van der Waals surface area contributed by atoms with Crippen molar-refractivity contribution in [2.75, 3.05) is 0 Å². The number of hydrogen-bond donors (Lipinski definition) is 1. The molecule has 23 heavy (non-hydrogen) atoms. The molecule has 0 unspecified atom stereocenters. The first-order chi connectivity index (χ1) is 10.9. The Hall–Kier alpha value is -1.86. The summed E-state index contributed by atoms with van der Waals surface area (Å²) < 4.78 is 7.23. The molecule has 2 aromatic carbocycles. The number of fused-ring (bicyclic) bond motifs is 1. The van der Waals surface area contributed by atoms with Crippen LogP contribution in [0, 0.1) is 6.92 Å². The number of rotatable bonds is 4. The highest BCUT2D eigenvalue weighted by Gasteiger charge is 2.11. The maximum atomic E-state index is 10.7. The van der Waals surface area contributed by atoms with E-state index in [-0.39, 0.29) is 6.42 Å². The molecule has 0 spiro atoms. The first kappa shape index (κ1) is 16.0. The molecular weight excluding hydrogens is 428 g/mol. The summed E-state index contributed by atoms with van der Waals surface area (Å²) in [6.45, 7) is 1.89. The van der Waals surface area contributed by atoms with Crippen LogP contribution >= 0.6 is 31.9 Å². The van der Waals surface area contributed by atoms with Crippen molar-refractivity contribution in [1.29, 1.82) is 0 Å². The molecule has 3 aromatic rings. The van der Waals surface area contributed by atoms with Crippen LogP contribution in [-0.4, -0.2) is 15.9 Å². The largest absolute Gasteiger partial charge is 0.550 e. The third-order valence-corrected chi connectivity index (χ3v) is 4.38. The van der Waals surface area contributed by atoms with Crippen LogP contribution in [0.5, 0.6) is 11.5 Å². The molecule has 1 heterocycles. The zero-order valence-corrected chi connectivity index (χ0v) is 15.2. The maximum absolute atomic E-state index is 10.7. The number of nitrogens with zero attached hydrogens (tertiary/aromatic N) is 1. The number of aliphatic carboxylic acids is 1. The van der Waals surface area contributed by atoms with Crippen LogP contribution in [0.1, 0.15) is 11.4 Å². The summed E-state index contributed by atoms with van der Waals surface area (Å²) in [5, 5.41) is 10.7. The molecule has 1 aromatic heterocycles. The van der Waals surface area contributed by atoms with Gasteiger partial charge in [0.1, 0.15) is 11.6 Å². The summed E-state index contributed by atoms with van der Waals surface area (Å²) in [4.78, 5) is 18.2. The minimum atomic E-state index is -1.13. The molecule has 0 aliphatic rings. The van der Waals surface area contributed by atoms with Gasteiger partial charge in [-0.15, -0.1) is 0 Å². The van der Waals surface area contributed by atoms with Crippen molar-refractivity contribution >= 4 is 48.9 Å². The van der Waals surface area contributed by atoms with Crippen LogP contribution < -0.4 is 9.84 Å². The molecular formula is C16H11Br2N2O3-. The topological polar surface area (TPSA) is 78.0 Å². The molecule has 3 rings (SSSR count). The summed E-state index contributed by atoms with van der Waals surface area (Å²) >= 11 is 6.82. The summed E-state index contributed by atoms with van der Waals surface area (Å²) in [7, 11) is 0. The molecule has 0 aliphatic heterocycles. The zero-order valence-electron chi connectivity index (χ0n) is 12.0. The number of carboxylic acid groups (broad SMARTS) is 1. The monoisotopic (exact) mass is 437 g/mol. The van der Waals surface area contributed by atoms with Gasteiger partial charge in [-0.3, -0.25) is 0 Å². The minimum absolute atomic E-state index is 0.156. The smallest absolute Gasteiger partial charge is 0.155 e. The Balaban J connectivity index is 1.92. The van der Waals surface area contributed by atoms with E-state index in [1.165, 1.54) is 0 Å². The third-order valence-electron chi connectivity index (χ3n) is 3.20. The molecule has 0 saturated carbocycles. The first-order valence-corrected chi connectivity index (χ1v) is 8.33. The number of carbonyl (C=O) groups excluding carboxylic acids is 1. The molecule has 118 valence electrons. The van der Waals surface area contributed by atoms with E-state index in [4.69, 9.17) is 4.74 Å². The molecule has 0 amide bonds. The van der Waals surface area contributed by atoms with E-state index in [1.54, 1.807) is 12.1 Å². The number of benzene rings is 2. The van der Waals surface area contributed by atoms with Crippen LogP contribution in [0.25, 0.3) is 11.0 Å². The highest BCUT2D eigenvalue weighted by molar-refractivity contribution is 9.11. The number of carbonyl (C=O) groups is 1. The van der Waals surface area contributed by atoms with E-state index in [2.05, 4.69) is 41.8 Å². The molecule has 0 bridgehead atoms. The number of nitrogens with one attached hydrogen (secondary N) is 1. The number of imidazole rings is 1. The van der Waals surface area contributed by atoms with Gasteiger partial charge in [0.05, 0.1) is 20.0 Å². The number of aryl methyl sites for hydroxylation is 1. The van der Waals surface area contributed by atoms with Crippen LogP contribution in [0.4, 0.5) is 0 Å². The Bertz CT molecular complexity index is 882. The molecule has 0 atom stereocenters. The van der Waals surface area contributed by atoms with Crippen LogP contribution in [0.15, 0.2) is 39.3 Å². The standard InChI is InChI=1S/C16H12Br2N2O3/c1-8-19-13-3-2-10(7-14(13)20-8)23-16-11(17)4-9(5-12(16)18)6-15(21)22/h2-5,7H,6H2,1H3,(H,19,20)(H,21,22)/p-1. The van der Waals surface area contributed by atoms with E-state index >= 15 is 0 Å². The second kappa shape index (κ2) is 6.33. The first-order valence-electron chi connectivity index (χ1n) is 6.74. The summed E-state index contributed by atoms with van der Waals surface area (Å²) in [5.41, 5.74) is 2.38. The van der Waals surface area contributed by atoms with Crippen molar-refractivity contribution in [2.45, 2.75) is 13.3 Å². The fourth-order valence-corrected chi connectivity index (χ4v) is 3.72. The molecule has 7 heteroatoms. The van der Waals surface area contributed by atoms with E-state index in [0.29, 0.717) is 26.0 Å². The Morgan fingerprint density at radius 1 is 1.26 bits per heavy atom. The molecule has 1 N–H and O–H groups in total. The number of halogens is 2. The predicted molar refractivity (Wildman–Crippen MR) is 91.5 cm³/mol. The van der Waals surface area contributed by atoms with E-state index in [0.717, 1.165) is 16.9 Å². The molecule has 0 fully saturated rings. The fraction of sp³-hybridized carbons (Fsp3) is 0.125. The van der Waals surface area contributed by atoms with Gasteiger partial charge in [-0.25, -0.2) is 4.98 Å². The average molecular weight is 439 g/mol. The van der Waals surface area contributed by atoms with E-state index in [1.807, 2.05) is 25.1 Å². The summed E-state index contributed by atoms with van der Waals surface area (Å²) in [5.74, 6) is 0.932. The fourth-order valence-electron chi connectivity index (χ4n) is 2.28. The van der Waals surface area contributed by atoms with Gasteiger partial charge >= 0.3 is 0 Å². The lowest BCUT2D eigenvalue weighted by atomic mass is 10.1. The zero-order chi connectivity index (χ0) is 16.6. The number of aromatic amines is 1. The SMILES string of the molecule is Cc1nc2ccc(Oc3c(Br)cc(CC(=O)[O-])cc3Br)cc2[nH]1. The van der Waals surface area contributed by atoms with Crippen molar-refractivity contribution in [2.24, 2.45) is 0 Å². The summed E-state index contributed by atoms with van der Waals surface area (Å²) in [6, 6.07) is 8.98. The van der Waals surface area contributed by atoms with E-state index in [9.17, 15) is 9.90 Å². The lowest BCUT2D eigenvalue weighted by Crippen LogP contribution is -2.24. The molecule has 0 radical (unpaired) electrons. The second-order valence-corrected chi connectivity index (χ2v) is 6.75. The molecule has 5 nitrogen and oxygen atoms in total. The maximum Gasteiger partial charge on any atom is 0.155 e. The van der Waals surface area contributed by atoms with Gasteiger partial charge in [-0.05, 0) is 68.6 Å². The predicted octanol–water partition coefficient (Wildman–Crippen LogP) is 3.48. The number of ether oxygens (including phenoxy) is 1. The second-order valence-electron chi connectivity index (χ2n) is 5.04. The Labute approximate surface area is 148 Å². The minimum Gasteiger partial charge on any atom is -0.550 e. The van der Waals surface area contributed by atoms with Crippen molar-refractivity contribution in [3.8, 4) is 11.5 Å². The number of aromatic nitrogens is 2. The average Bonchev–Trinajstić information content (AvgIpc) is 2.81. The summed E-state index contributed by atoms with van der Waals surface area (Å²) in [6.07, 6.45) is -0.156. The normalized spacial score (nSPS) is 10.9. The molecule has 0 aliphatic carbocycles. The Morgan fingerprint density at radius 3 is 2.61 bits per heavy atom. The number of H-pyrrole nitrogens is 1. The van der Waals surface area contributed by atoms with Crippen molar-refractivity contribution in [3.63, 3.8) is 0 Å². The molecule has 0 saturated heterocycles. The Morgan fingerprint density at radius 2 is 1.96 bits per heavy atom. The van der Waals surface area contributed by atoms with Gasteiger partial charge in [-0.1, -0.05) is 0 Å². The lowest BCUT2D eigenvalue weighted by Gasteiger charge is -2.12. The van der Waals surface area contributed by atoms with Crippen LogP contribution in [0.3, 0.4) is 0 Å². The van der Waals surface area contributed by atoms with Crippen LogP contribution in [-0.2, 0) is 11.2 Å². The number of carboxylic acids is 1. The van der Waals surface area contributed by atoms with Gasteiger partial charge in [0.15, 0.2) is 5.75 Å². The third kappa shape index (κ3) is 3.56. The quantitative estimate of drug-likeness (QED) is 0.676. The Kier molecular flexibility index (Phi) is 4.41. The van der Waals surface area contributed by atoms with E-state index < -0.39 is 5.97 Å².